The molecule has 1 unspecified atom stereocenters. The van der Waals surface area contributed by atoms with Crippen LogP contribution >= 0.6 is 0 Å². The van der Waals surface area contributed by atoms with E-state index in [0.29, 0.717) is 0 Å². The van der Waals surface area contributed by atoms with Gasteiger partial charge in [0.2, 0.25) is 0 Å². The molecule has 0 aromatic rings. The number of nitrogens with two attached hydrogens (primary N) is 1. The third-order valence-corrected chi connectivity index (χ3v) is 2.16. The van der Waals surface area contributed by atoms with Crippen molar-refractivity contribution >= 4 is 12.8 Å². The highest BCUT2D eigenvalue weighted by Crippen LogP contribution is 2.17. The zero-order valence-electron chi connectivity index (χ0n) is 6.63. The standard InChI is InChI=1S/C8H13N2S/c1-6(9)7-2-4-8(10-11)5-3-7/h2,4,6,10H,3,5,9H2,1H3/q-1. The lowest BCUT2D eigenvalue weighted by Crippen LogP contribution is -2.20. The molecule has 3 N–H and O–H groups in total. The first-order valence-corrected chi connectivity index (χ1v) is 4.18. The second kappa shape index (κ2) is 3.83. The van der Waals surface area contributed by atoms with Crippen molar-refractivity contribution in [2.45, 2.75) is 25.8 Å². The summed E-state index contributed by atoms with van der Waals surface area (Å²) in [7, 11) is 0. The molecule has 3 heteroatoms. The maximum absolute atomic E-state index is 5.71. The normalized spacial score (nSPS) is 20.3. The van der Waals surface area contributed by atoms with E-state index < -0.39 is 0 Å². The minimum Gasteiger partial charge on any atom is -0.671 e. The molecule has 1 aliphatic rings. The molecule has 0 radical (unpaired) electrons. The third kappa shape index (κ3) is 2.27. The summed E-state index contributed by atoms with van der Waals surface area (Å²) in [4.78, 5) is 0. The molecular weight excluding hydrogens is 156 g/mol. The van der Waals surface area contributed by atoms with Gasteiger partial charge in [0.1, 0.15) is 0 Å². The van der Waals surface area contributed by atoms with Crippen LogP contribution in [0, 0.1) is 0 Å². The van der Waals surface area contributed by atoms with Crippen LogP contribution in [0.3, 0.4) is 0 Å². The van der Waals surface area contributed by atoms with Gasteiger partial charge in [0, 0.05) is 6.04 Å². The van der Waals surface area contributed by atoms with Gasteiger partial charge in [0.15, 0.2) is 0 Å². The van der Waals surface area contributed by atoms with Crippen LogP contribution in [0.2, 0.25) is 0 Å². The van der Waals surface area contributed by atoms with Gasteiger partial charge in [0.05, 0.1) is 0 Å². The number of nitrogens with one attached hydrogen (secondary N) is 1. The van der Waals surface area contributed by atoms with Gasteiger partial charge >= 0.3 is 0 Å². The Morgan fingerprint density at radius 1 is 1.55 bits per heavy atom. The van der Waals surface area contributed by atoms with Gasteiger partial charge in [-0.3, -0.25) is 0 Å². The van der Waals surface area contributed by atoms with E-state index in [1.807, 2.05) is 13.0 Å². The van der Waals surface area contributed by atoms with Crippen molar-refractivity contribution in [3.05, 3.63) is 23.4 Å². The molecule has 1 rings (SSSR count). The summed E-state index contributed by atoms with van der Waals surface area (Å²) < 4.78 is 2.72. The second-order valence-corrected chi connectivity index (χ2v) is 3.03. The zero-order chi connectivity index (χ0) is 8.27. The van der Waals surface area contributed by atoms with Gasteiger partial charge in [-0.15, -0.1) is 0 Å². The van der Waals surface area contributed by atoms with Gasteiger partial charge in [-0.05, 0) is 31.5 Å². The molecule has 0 aliphatic heterocycles. The van der Waals surface area contributed by atoms with E-state index in [9.17, 15) is 0 Å². The molecule has 1 aliphatic carbocycles. The smallest absolute Gasteiger partial charge is 0.0228 e. The van der Waals surface area contributed by atoms with Gasteiger partial charge in [0.25, 0.3) is 0 Å². The lowest BCUT2D eigenvalue weighted by molar-refractivity contribution is 0.756. The first-order valence-electron chi connectivity index (χ1n) is 3.77. The molecule has 0 amide bonds. The summed E-state index contributed by atoms with van der Waals surface area (Å²) in [6.45, 7) is 2.01. The summed E-state index contributed by atoms with van der Waals surface area (Å²) in [5, 5.41) is 0. The molecule has 0 fully saturated rings. The molecule has 0 spiro atoms. The number of allylic oxidation sites excluding steroid dienone is 3. The Morgan fingerprint density at radius 3 is 2.64 bits per heavy atom. The molecule has 0 saturated heterocycles. The third-order valence-electron chi connectivity index (χ3n) is 1.90. The maximum Gasteiger partial charge on any atom is 0.0228 e. The summed E-state index contributed by atoms with van der Waals surface area (Å²) in [5.74, 6) is 0. The Hall–Kier alpha value is -0.410. The topological polar surface area (TPSA) is 38.0 Å². The van der Waals surface area contributed by atoms with E-state index in [-0.39, 0.29) is 6.04 Å². The van der Waals surface area contributed by atoms with E-state index >= 15 is 0 Å². The van der Waals surface area contributed by atoms with Crippen LogP contribution in [-0.4, -0.2) is 6.04 Å². The van der Waals surface area contributed by atoms with Gasteiger partial charge in [-0.2, -0.15) is 0 Å². The van der Waals surface area contributed by atoms with E-state index in [0.717, 1.165) is 18.5 Å². The van der Waals surface area contributed by atoms with Crippen LogP contribution in [0.5, 0.6) is 0 Å². The Bertz CT molecular complexity index is 194. The summed E-state index contributed by atoms with van der Waals surface area (Å²) in [5.41, 5.74) is 8.13. The van der Waals surface area contributed by atoms with Crippen molar-refractivity contribution in [2.75, 3.05) is 0 Å². The van der Waals surface area contributed by atoms with E-state index in [2.05, 4.69) is 10.8 Å². The second-order valence-electron chi connectivity index (χ2n) is 2.82. The summed E-state index contributed by atoms with van der Waals surface area (Å²) in [6.07, 6.45) is 6.10. The minimum atomic E-state index is 0.179. The van der Waals surface area contributed by atoms with Crippen LogP contribution in [0.25, 0.3) is 0 Å². The maximum atomic E-state index is 5.71. The van der Waals surface area contributed by atoms with Crippen LogP contribution in [0.1, 0.15) is 19.8 Å². The predicted octanol–water partition coefficient (Wildman–Crippen LogP) is 0.989. The van der Waals surface area contributed by atoms with Crippen molar-refractivity contribution < 1.29 is 0 Å². The minimum absolute atomic E-state index is 0.179. The van der Waals surface area contributed by atoms with Crippen LogP contribution in [0.15, 0.2) is 23.4 Å². The summed E-state index contributed by atoms with van der Waals surface area (Å²) in [6, 6.07) is 0.179. The fraction of sp³-hybridized carbons (Fsp3) is 0.500. The molecule has 1 atom stereocenters. The number of hydrogen-bond acceptors (Lipinski definition) is 3. The van der Waals surface area contributed by atoms with Gasteiger partial charge in [-0.1, -0.05) is 11.6 Å². The number of rotatable bonds is 2. The van der Waals surface area contributed by atoms with Gasteiger partial charge in [-0.25, -0.2) is 0 Å². The van der Waals surface area contributed by atoms with Crippen molar-refractivity contribution in [3.63, 3.8) is 0 Å². The molecule has 0 aromatic heterocycles. The van der Waals surface area contributed by atoms with E-state index in [4.69, 9.17) is 18.5 Å². The van der Waals surface area contributed by atoms with Crippen LogP contribution in [0.4, 0.5) is 0 Å². The molecule has 2 nitrogen and oxygen atoms in total. The first-order chi connectivity index (χ1) is 5.24. The van der Waals surface area contributed by atoms with Crippen LogP contribution in [-0.2, 0) is 12.8 Å². The van der Waals surface area contributed by atoms with E-state index in [1.165, 1.54) is 5.57 Å². The van der Waals surface area contributed by atoms with Gasteiger partial charge < -0.3 is 23.3 Å². The Morgan fingerprint density at radius 2 is 2.27 bits per heavy atom. The van der Waals surface area contributed by atoms with Crippen molar-refractivity contribution in [1.82, 2.24) is 4.72 Å². The fourth-order valence-corrected chi connectivity index (χ4v) is 1.29. The molecule has 0 heterocycles. The van der Waals surface area contributed by atoms with Crippen LogP contribution < -0.4 is 10.5 Å². The van der Waals surface area contributed by atoms with E-state index in [1.54, 1.807) is 0 Å². The highest BCUT2D eigenvalue weighted by molar-refractivity contribution is 7.56. The fourth-order valence-electron chi connectivity index (χ4n) is 1.12. The molecule has 62 valence electrons. The highest BCUT2D eigenvalue weighted by atomic mass is 32.1. The lowest BCUT2D eigenvalue weighted by Gasteiger charge is -2.20. The Balaban J connectivity index is 2.61. The molecule has 0 aromatic carbocycles. The highest BCUT2D eigenvalue weighted by Gasteiger charge is 2.06. The first kappa shape index (κ1) is 8.68. The molecule has 11 heavy (non-hydrogen) atoms. The zero-order valence-corrected chi connectivity index (χ0v) is 7.45. The quantitative estimate of drug-likeness (QED) is 0.605. The molecule has 0 bridgehead atoms. The predicted molar refractivity (Wildman–Crippen MR) is 49.6 cm³/mol. The average Bonchev–Trinajstić information content (AvgIpc) is 2.05. The van der Waals surface area contributed by atoms with Crippen molar-refractivity contribution in [3.8, 4) is 0 Å². The molecule has 0 saturated carbocycles. The average molecular weight is 169 g/mol. The Labute approximate surface area is 73.1 Å². The number of hydrogen-bond donors (Lipinski definition) is 2. The van der Waals surface area contributed by atoms with Crippen molar-refractivity contribution in [2.24, 2.45) is 5.73 Å². The molecular formula is C8H13N2S-. The SMILES string of the molecule is CC(N)C1=CC=C(N[S-])CC1. The van der Waals surface area contributed by atoms with Crippen molar-refractivity contribution in [1.29, 1.82) is 0 Å². The lowest BCUT2D eigenvalue weighted by atomic mass is 9.98. The largest absolute Gasteiger partial charge is 0.671 e. The Kier molecular flexibility index (Phi) is 3.02. The monoisotopic (exact) mass is 169 g/mol. The summed E-state index contributed by atoms with van der Waals surface area (Å²) >= 11 is 4.70.